The molecule has 0 spiro atoms. The molecule has 2 heterocycles. The smallest absolute Gasteiger partial charge is 0.165 e. The van der Waals surface area contributed by atoms with Crippen molar-refractivity contribution in [2.75, 3.05) is 31.1 Å². The lowest BCUT2D eigenvalue weighted by molar-refractivity contribution is 0.101. The van der Waals surface area contributed by atoms with Crippen LogP contribution in [0, 0.1) is 0 Å². The second-order valence-corrected chi connectivity index (χ2v) is 3.55. The van der Waals surface area contributed by atoms with Crippen LogP contribution in [0.15, 0.2) is 12.5 Å². The van der Waals surface area contributed by atoms with Gasteiger partial charge in [0.2, 0.25) is 0 Å². The van der Waals surface area contributed by atoms with Gasteiger partial charge in [-0.25, -0.2) is 9.97 Å². The Morgan fingerprint density at radius 1 is 1.47 bits per heavy atom. The lowest BCUT2D eigenvalue weighted by Crippen LogP contribution is -2.44. The number of piperazine rings is 1. The number of anilines is 1. The van der Waals surface area contributed by atoms with E-state index in [-0.39, 0.29) is 5.78 Å². The molecule has 1 saturated heterocycles. The largest absolute Gasteiger partial charge is 0.353 e. The second kappa shape index (κ2) is 4.35. The Labute approximate surface area is 88.5 Å². The van der Waals surface area contributed by atoms with Crippen molar-refractivity contribution < 1.29 is 4.79 Å². The summed E-state index contributed by atoms with van der Waals surface area (Å²) in [6.45, 7) is 5.18. The maximum Gasteiger partial charge on any atom is 0.165 e. The first-order chi connectivity index (χ1) is 7.29. The standard InChI is InChI=1S/C10H14N4O/c1-8(15)9-6-12-7-13-10(9)14-4-2-11-3-5-14/h6-7,11H,2-5H2,1H3. The van der Waals surface area contributed by atoms with Crippen molar-refractivity contribution in [3.8, 4) is 0 Å². The van der Waals surface area contributed by atoms with Gasteiger partial charge in [0.05, 0.1) is 5.56 Å². The Hall–Kier alpha value is -1.49. The highest BCUT2D eigenvalue weighted by molar-refractivity contribution is 5.98. The summed E-state index contributed by atoms with van der Waals surface area (Å²) in [6, 6.07) is 0. The van der Waals surface area contributed by atoms with Crippen LogP contribution in [0.2, 0.25) is 0 Å². The van der Waals surface area contributed by atoms with Crippen molar-refractivity contribution in [1.29, 1.82) is 0 Å². The van der Waals surface area contributed by atoms with E-state index >= 15 is 0 Å². The monoisotopic (exact) mass is 206 g/mol. The van der Waals surface area contributed by atoms with Gasteiger partial charge in [0.1, 0.15) is 12.1 Å². The van der Waals surface area contributed by atoms with Crippen LogP contribution in [0.1, 0.15) is 17.3 Å². The van der Waals surface area contributed by atoms with E-state index in [9.17, 15) is 4.79 Å². The third-order valence-corrected chi connectivity index (χ3v) is 2.49. The van der Waals surface area contributed by atoms with E-state index in [2.05, 4.69) is 20.2 Å². The first-order valence-electron chi connectivity index (χ1n) is 5.05. The van der Waals surface area contributed by atoms with Gasteiger partial charge in [0.25, 0.3) is 0 Å². The van der Waals surface area contributed by atoms with Crippen molar-refractivity contribution in [2.45, 2.75) is 6.92 Å². The van der Waals surface area contributed by atoms with Crippen molar-refractivity contribution in [2.24, 2.45) is 0 Å². The Bertz CT molecular complexity index is 360. The molecule has 0 unspecified atom stereocenters. The van der Waals surface area contributed by atoms with Gasteiger partial charge in [-0.2, -0.15) is 0 Å². The van der Waals surface area contributed by atoms with Crippen LogP contribution in [-0.2, 0) is 0 Å². The van der Waals surface area contributed by atoms with Gasteiger partial charge in [-0.05, 0) is 6.92 Å². The molecular formula is C10H14N4O. The summed E-state index contributed by atoms with van der Waals surface area (Å²) in [5, 5.41) is 3.26. The van der Waals surface area contributed by atoms with E-state index < -0.39 is 0 Å². The zero-order chi connectivity index (χ0) is 10.7. The molecule has 1 aliphatic rings. The highest BCUT2D eigenvalue weighted by Crippen LogP contribution is 2.16. The molecule has 1 aromatic heterocycles. The molecule has 0 bridgehead atoms. The number of hydrogen-bond donors (Lipinski definition) is 1. The highest BCUT2D eigenvalue weighted by Gasteiger charge is 2.17. The number of nitrogens with zero attached hydrogens (tertiary/aromatic N) is 3. The highest BCUT2D eigenvalue weighted by atomic mass is 16.1. The maximum atomic E-state index is 11.4. The Morgan fingerprint density at radius 2 is 2.20 bits per heavy atom. The quantitative estimate of drug-likeness (QED) is 0.695. The molecule has 1 aliphatic heterocycles. The topological polar surface area (TPSA) is 58.1 Å². The zero-order valence-electron chi connectivity index (χ0n) is 8.73. The van der Waals surface area contributed by atoms with Crippen LogP contribution in [0.4, 0.5) is 5.82 Å². The van der Waals surface area contributed by atoms with Crippen molar-refractivity contribution in [3.05, 3.63) is 18.1 Å². The number of carbonyl (C=O) groups excluding carboxylic acids is 1. The number of ketones is 1. The van der Waals surface area contributed by atoms with Gasteiger partial charge in [-0.3, -0.25) is 4.79 Å². The van der Waals surface area contributed by atoms with Crippen molar-refractivity contribution in [3.63, 3.8) is 0 Å². The van der Waals surface area contributed by atoms with Crippen LogP contribution >= 0.6 is 0 Å². The van der Waals surface area contributed by atoms with E-state index in [0.29, 0.717) is 5.56 Å². The second-order valence-electron chi connectivity index (χ2n) is 3.55. The minimum atomic E-state index is 0.0177. The van der Waals surface area contributed by atoms with Crippen LogP contribution in [0.3, 0.4) is 0 Å². The number of carbonyl (C=O) groups is 1. The lowest BCUT2D eigenvalue weighted by atomic mass is 10.2. The third-order valence-electron chi connectivity index (χ3n) is 2.49. The van der Waals surface area contributed by atoms with E-state index in [1.54, 1.807) is 13.1 Å². The number of nitrogens with one attached hydrogen (secondary N) is 1. The predicted molar refractivity (Wildman–Crippen MR) is 57.1 cm³/mol. The van der Waals surface area contributed by atoms with Crippen LogP contribution < -0.4 is 10.2 Å². The van der Waals surface area contributed by atoms with Crippen LogP contribution in [-0.4, -0.2) is 41.9 Å². The zero-order valence-corrected chi connectivity index (χ0v) is 8.73. The molecule has 0 radical (unpaired) electrons. The number of Topliss-reactive ketones (excluding diaryl/α,β-unsaturated/α-hetero) is 1. The van der Waals surface area contributed by atoms with Crippen molar-refractivity contribution >= 4 is 11.6 Å². The number of hydrogen-bond acceptors (Lipinski definition) is 5. The molecule has 0 saturated carbocycles. The molecule has 0 aliphatic carbocycles. The number of rotatable bonds is 2. The fourth-order valence-electron chi connectivity index (χ4n) is 1.70. The Kier molecular flexibility index (Phi) is 2.91. The molecule has 1 fully saturated rings. The minimum Gasteiger partial charge on any atom is -0.353 e. The van der Waals surface area contributed by atoms with Gasteiger partial charge in [-0.15, -0.1) is 0 Å². The van der Waals surface area contributed by atoms with Crippen LogP contribution in [0.5, 0.6) is 0 Å². The summed E-state index contributed by atoms with van der Waals surface area (Å²) in [5.74, 6) is 0.781. The maximum absolute atomic E-state index is 11.4. The Morgan fingerprint density at radius 3 is 2.87 bits per heavy atom. The van der Waals surface area contributed by atoms with Gasteiger partial charge in [0.15, 0.2) is 5.78 Å². The summed E-state index contributed by atoms with van der Waals surface area (Å²) in [7, 11) is 0. The molecule has 80 valence electrons. The van der Waals surface area contributed by atoms with Gasteiger partial charge in [-0.1, -0.05) is 0 Å². The van der Waals surface area contributed by atoms with E-state index in [1.807, 2.05) is 0 Å². The molecule has 0 amide bonds. The first-order valence-corrected chi connectivity index (χ1v) is 5.05. The Balaban J connectivity index is 2.29. The molecule has 1 aromatic rings. The normalized spacial score (nSPS) is 16.5. The predicted octanol–water partition coefficient (Wildman–Crippen LogP) is 0.0888. The SMILES string of the molecule is CC(=O)c1cncnc1N1CCNCC1. The molecule has 5 heteroatoms. The summed E-state index contributed by atoms with van der Waals surface area (Å²) in [6.07, 6.45) is 3.08. The van der Waals surface area contributed by atoms with Crippen LogP contribution in [0.25, 0.3) is 0 Å². The molecule has 1 N–H and O–H groups in total. The van der Waals surface area contributed by atoms with Gasteiger partial charge < -0.3 is 10.2 Å². The molecular weight excluding hydrogens is 192 g/mol. The van der Waals surface area contributed by atoms with Crippen molar-refractivity contribution in [1.82, 2.24) is 15.3 Å². The first kappa shape index (κ1) is 10.0. The minimum absolute atomic E-state index is 0.0177. The summed E-state index contributed by atoms with van der Waals surface area (Å²) >= 11 is 0. The molecule has 0 atom stereocenters. The average Bonchev–Trinajstić information content (AvgIpc) is 2.30. The fourth-order valence-corrected chi connectivity index (χ4v) is 1.70. The fraction of sp³-hybridized carbons (Fsp3) is 0.500. The van der Waals surface area contributed by atoms with E-state index in [1.165, 1.54) is 6.33 Å². The van der Waals surface area contributed by atoms with Gasteiger partial charge in [0, 0.05) is 32.4 Å². The van der Waals surface area contributed by atoms with E-state index in [4.69, 9.17) is 0 Å². The van der Waals surface area contributed by atoms with E-state index in [0.717, 1.165) is 32.0 Å². The summed E-state index contributed by atoms with van der Waals surface area (Å²) in [5.41, 5.74) is 0.611. The lowest BCUT2D eigenvalue weighted by Gasteiger charge is -2.29. The molecule has 5 nitrogen and oxygen atoms in total. The van der Waals surface area contributed by atoms with Gasteiger partial charge >= 0.3 is 0 Å². The molecule has 0 aromatic carbocycles. The number of aromatic nitrogens is 2. The summed E-state index contributed by atoms with van der Waals surface area (Å²) < 4.78 is 0. The molecule has 2 rings (SSSR count). The molecule has 15 heavy (non-hydrogen) atoms. The average molecular weight is 206 g/mol. The third kappa shape index (κ3) is 2.12. The summed E-state index contributed by atoms with van der Waals surface area (Å²) in [4.78, 5) is 21.6.